The lowest BCUT2D eigenvalue weighted by Gasteiger charge is -2.19. The van der Waals surface area contributed by atoms with Crippen molar-refractivity contribution in [3.8, 4) is 0 Å². The molecule has 1 aromatic heterocycles. The highest BCUT2D eigenvalue weighted by Gasteiger charge is 2.20. The average molecular weight is 285 g/mol. The predicted octanol–water partition coefficient (Wildman–Crippen LogP) is 0.815. The van der Waals surface area contributed by atoms with E-state index in [4.69, 9.17) is 5.73 Å². The summed E-state index contributed by atoms with van der Waals surface area (Å²) in [7, 11) is 7.68. The Morgan fingerprint density at radius 2 is 1.89 bits per heavy atom. The number of nitrogens with zero attached hydrogens (tertiary/aromatic N) is 4. The molecule has 0 saturated carbocycles. The van der Waals surface area contributed by atoms with Crippen molar-refractivity contribution in [2.24, 2.45) is 0 Å². The Bertz CT molecular complexity index is 432. The van der Waals surface area contributed by atoms with Crippen LogP contribution < -0.4 is 10.6 Å². The molecular weight excluding hydrogens is 262 g/mol. The second-order valence-electron chi connectivity index (χ2n) is 4.75. The summed E-state index contributed by atoms with van der Waals surface area (Å²) in [6, 6.07) is 0. The summed E-state index contributed by atoms with van der Waals surface area (Å²) < 4.78 is 0. The summed E-state index contributed by atoms with van der Waals surface area (Å²) in [5.74, 6) is 0.259. The maximum absolute atomic E-state index is 12.3. The largest absolute Gasteiger partial charge is 0.382 e. The van der Waals surface area contributed by atoms with E-state index in [1.54, 1.807) is 11.9 Å². The second kappa shape index (κ2) is 6.72. The van der Waals surface area contributed by atoms with Crippen LogP contribution >= 0.6 is 11.3 Å². The van der Waals surface area contributed by atoms with Crippen LogP contribution in [0.15, 0.2) is 0 Å². The summed E-state index contributed by atoms with van der Waals surface area (Å²) in [6.07, 6.45) is 0. The maximum Gasteiger partial charge on any atom is 0.267 e. The molecule has 2 N–H and O–H groups in total. The minimum absolute atomic E-state index is 0.0624. The molecule has 0 radical (unpaired) electrons. The number of thiazole rings is 1. The Balaban J connectivity index is 2.79. The third kappa shape index (κ3) is 4.07. The van der Waals surface area contributed by atoms with E-state index in [9.17, 15) is 4.79 Å². The molecule has 108 valence electrons. The number of hydrogen-bond acceptors (Lipinski definition) is 6. The molecule has 0 aliphatic carbocycles. The van der Waals surface area contributed by atoms with Crippen LogP contribution in [0.5, 0.6) is 0 Å². The zero-order valence-corrected chi connectivity index (χ0v) is 13.1. The molecule has 0 atom stereocenters. The van der Waals surface area contributed by atoms with Gasteiger partial charge in [-0.2, -0.15) is 0 Å². The minimum atomic E-state index is -0.0624. The molecular formula is C12H23N5OS. The average Bonchev–Trinajstić information content (AvgIpc) is 2.76. The van der Waals surface area contributed by atoms with Gasteiger partial charge in [-0.25, -0.2) is 4.98 Å². The van der Waals surface area contributed by atoms with Gasteiger partial charge in [0.15, 0.2) is 5.13 Å². The molecule has 1 rings (SSSR count). The van der Waals surface area contributed by atoms with Crippen LogP contribution in [-0.2, 0) is 0 Å². The van der Waals surface area contributed by atoms with Gasteiger partial charge in [-0.05, 0) is 21.0 Å². The number of carbonyl (C=O) groups is 1. The molecule has 0 aromatic carbocycles. The molecule has 0 saturated heterocycles. The lowest BCUT2D eigenvalue weighted by Crippen LogP contribution is -2.33. The Morgan fingerprint density at radius 1 is 1.26 bits per heavy atom. The molecule has 19 heavy (non-hydrogen) atoms. The van der Waals surface area contributed by atoms with Gasteiger partial charge in [-0.3, -0.25) is 4.79 Å². The van der Waals surface area contributed by atoms with Gasteiger partial charge in [0.25, 0.3) is 5.91 Å². The Morgan fingerprint density at radius 3 is 2.42 bits per heavy atom. The van der Waals surface area contributed by atoms with E-state index in [2.05, 4.69) is 4.98 Å². The zero-order valence-electron chi connectivity index (χ0n) is 12.3. The number of anilines is 2. The zero-order chi connectivity index (χ0) is 14.6. The van der Waals surface area contributed by atoms with E-state index in [1.165, 1.54) is 11.3 Å². The first-order valence-corrected chi connectivity index (χ1v) is 7.06. The maximum atomic E-state index is 12.3. The van der Waals surface area contributed by atoms with Gasteiger partial charge in [-0.15, -0.1) is 0 Å². The van der Waals surface area contributed by atoms with Crippen molar-refractivity contribution in [3.63, 3.8) is 0 Å². The van der Waals surface area contributed by atoms with Gasteiger partial charge in [0.2, 0.25) is 0 Å². The van der Waals surface area contributed by atoms with Crippen molar-refractivity contribution < 1.29 is 4.79 Å². The van der Waals surface area contributed by atoms with Crippen LogP contribution in [0.3, 0.4) is 0 Å². The number of rotatable bonds is 6. The quantitative estimate of drug-likeness (QED) is 0.838. The fourth-order valence-electron chi connectivity index (χ4n) is 1.40. The summed E-state index contributed by atoms with van der Waals surface area (Å²) in [4.78, 5) is 22.7. The van der Waals surface area contributed by atoms with Crippen molar-refractivity contribution in [3.05, 3.63) is 4.88 Å². The number of aromatic nitrogens is 1. The molecule has 1 aromatic rings. The van der Waals surface area contributed by atoms with E-state index in [1.807, 2.05) is 37.9 Å². The fraction of sp³-hybridized carbons (Fsp3) is 0.667. The van der Waals surface area contributed by atoms with Gasteiger partial charge >= 0.3 is 0 Å². The van der Waals surface area contributed by atoms with E-state index in [-0.39, 0.29) is 5.91 Å². The third-order valence-corrected chi connectivity index (χ3v) is 4.04. The Kier molecular flexibility index (Phi) is 5.56. The number of nitrogens with two attached hydrogens (primary N) is 1. The summed E-state index contributed by atoms with van der Waals surface area (Å²) in [6.45, 7) is 4.35. The highest BCUT2D eigenvalue weighted by molar-refractivity contribution is 7.18. The van der Waals surface area contributed by atoms with Crippen molar-refractivity contribution in [1.82, 2.24) is 14.8 Å². The molecule has 0 unspecified atom stereocenters. The lowest BCUT2D eigenvalue weighted by molar-refractivity contribution is 0.0792. The van der Waals surface area contributed by atoms with Gasteiger partial charge in [0.05, 0.1) is 0 Å². The Labute approximate surface area is 118 Å². The van der Waals surface area contributed by atoms with Crippen molar-refractivity contribution in [1.29, 1.82) is 0 Å². The topological polar surface area (TPSA) is 65.7 Å². The van der Waals surface area contributed by atoms with Crippen LogP contribution in [0.1, 0.15) is 16.6 Å². The van der Waals surface area contributed by atoms with Gasteiger partial charge < -0.3 is 20.4 Å². The first-order chi connectivity index (χ1) is 8.86. The number of likely N-dealkylation sites (N-methyl/N-ethyl adjacent to an activating group) is 2. The number of amides is 1. The first-order valence-electron chi connectivity index (χ1n) is 6.24. The first kappa shape index (κ1) is 15.7. The molecule has 0 spiro atoms. The van der Waals surface area contributed by atoms with Crippen LogP contribution in [0, 0.1) is 0 Å². The van der Waals surface area contributed by atoms with Crippen LogP contribution in [0.25, 0.3) is 0 Å². The molecule has 0 bridgehead atoms. The van der Waals surface area contributed by atoms with E-state index >= 15 is 0 Å². The van der Waals surface area contributed by atoms with E-state index in [0.717, 1.165) is 18.2 Å². The number of nitrogen functional groups attached to an aromatic ring is 1. The molecule has 1 heterocycles. The summed E-state index contributed by atoms with van der Waals surface area (Å²) in [5.41, 5.74) is 5.84. The SMILES string of the molecule is CCN(C)c1nc(N)c(C(=O)N(C)CCN(C)C)s1. The minimum Gasteiger partial charge on any atom is -0.382 e. The monoisotopic (exact) mass is 285 g/mol. The third-order valence-electron chi connectivity index (χ3n) is 2.87. The van der Waals surface area contributed by atoms with Gasteiger partial charge in [-0.1, -0.05) is 11.3 Å². The molecule has 0 aliphatic rings. The lowest BCUT2D eigenvalue weighted by atomic mass is 10.4. The van der Waals surface area contributed by atoms with Crippen LogP contribution in [0.4, 0.5) is 10.9 Å². The molecule has 7 heteroatoms. The summed E-state index contributed by atoms with van der Waals surface area (Å²) in [5, 5.41) is 0.782. The number of carbonyl (C=O) groups excluding carboxylic acids is 1. The highest BCUT2D eigenvalue weighted by atomic mass is 32.1. The summed E-state index contributed by atoms with van der Waals surface area (Å²) >= 11 is 1.35. The van der Waals surface area contributed by atoms with Gasteiger partial charge in [0, 0.05) is 33.7 Å². The van der Waals surface area contributed by atoms with Gasteiger partial charge in [0.1, 0.15) is 10.7 Å². The van der Waals surface area contributed by atoms with E-state index in [0.29, 0.717) is 17.2 Å². The molecule has 0 aliphatic heterocycles. The normalized spacial score (nSPS) is 10.8. The van der Waals surface area contributed by atoms with Crippen molar-refractivity contribution >= 4 is 28.2 Å². The van der Waals surface area contributed by atoms with Crippen molar-refractivity contribution in [2.45, 2.75) is 6.92 Å². The second-order valence-corrected chi connectivity index (χ2v) is 5.73. The fourth-order valence-corrected chi connectivity index (χ4v) is 2.40. The molecule has 1 amide bonds. The van der Waals surface area contributed by atoms with E-state index < -0.39 is 0 Å². The predicted molar refractivity (Wildman–Crippen MR) is 81.0 cm³/mol. The molecule has 6 nitrogen and oxygen atoms in total. The van der Waals surface area contributed by atoms with Crippen LogP contribution in [0.2, 0.25) is 0 Å². The standard InChI is InChI=1S/C12H23N5OS/c1-6-16(4)12-14-10(13)9(19-12)11(18)17(5)8-7-15(2)3/h6-8,13H2,1-5H3. The molecule has 0 fully saturated rings. The number of hydrogen-bond donors (Lipinski definition) is 1. The smallest absolute Gasteiger partial charge is 0.267 e. The van der Waals surface area contributed by atoms with Crippen molar-refractivity contribution in [2.75, 3.05) is 58.5 Å². The van der Waals surface area contributed by atoms with Crippen LogP contribution in [-0.4, -0.2) is 68.5 Å². The highest BCUT2D eigenvalue weighted by Crippen LogP contribution is 2.28. The Hall–Kier alpha value is -1.34.